The summed E-state index contributed by atoms with van der Waals surface area (Å²) in [6.07, 6.45) is 6.72. The lowest BCUT2D eigenvalue weighted by atomic mass is 9.75. The number of halogens is 1. The first-order chi connectivity index (χ1) is 9.83. The van der Waals surface area contributed by atoms with Crippen molar-refractivity contribution in [1.82, 2.24) is 5.32 Å². The van der Waals surface area contributed by atoms with Crippen molar-refractivity contribution in [2.45, 2.75) is 42.9 Å². The number of benzene rings is 1. The summed E-state index contributed by atoms with van der Waals surface area (Å²) < 4.78 is 0. The molecule has 3 rings (SSSR count). The summed E-state index contributed by atoms with van der Waals surface area (Å²) in [6, 6.07) is 8.85. The van der Waals surface area contributed by atoms with E-state index in [-0.39, 0.29) is 0 Å². The van der Waals surface area contributed by atoms with Gasteiger partial charge in [-0.3, -0.25) is 0 Å². The fourth-order valence-corrected chi connectivity index (χ4v) is 5.19. The lowest BCUT2D eigenvalue weighted by molar-refractivity contribution is 0.212. The number of thioether (sulfide) groups is 1. The van der Waals surface area contributed by atoms with Crippen molar-refractivity contribution in [2.75, 3.05) is 24.7 Å². The van der Waals surface area contributed by atoms with Crippen molar-refractivity contribution in [3.05, 3.63) is 29.8 Å². The lowest BCUT2D eigenvalue weighted by Crippen LogP contribution is -2.39. The summed E-state index contributed by atoms with van der Waals surface area (Å²) in [4.78, 5) is 1.48. The molecular weight excluding hydrogens is 286 g/mol. The van der Waals surface area contributed by atoms with Gasteiger partial charge in [-0.05, 0) is 29.9 Å². The number of rotatable bonds is 5. The predicted octanol–water partition coefficient (Wildman–Crippen LogP) is 4.65. The minimum absolute atomic E-state index is 0.366. The molecule has 0 bridgehead atoms. The maximum atomic E-state index is 6.27. The van der Waals surface area contributed by atoms with E-state index in [1.165, 1.54) is 48.3 Å². The van der Waals surface area contributed by atoms with Gasteiger partial charge in [0.25, 0.3) is 0 Å². The van der Waals surface area contributed by atoms with Gasteiger partial charge >= 0.3 is 0 Å². The van der Waals surface area contributed by atoms with Crippen molar-refractivity contribution in [3.63, 3.8) is 0 Å². The molecule has 0 amide bonds. The molecule has 1 saturated carbocycles. The van der Waals surface area contributed by atoms with E-state index in [0.717, 1.165) is 19.0 Å². The van der Waals surface area contributed by atoms with Gasteiger partial charge in [0.15, 0.2) is 0 Å². The normalized spacial score (nSPS) is 24.6. The first-order valence-electron chi connectivity index (χ1n) is 7.81. The minimum Gasteiger partial charge on any atom is -0.315 e. The molecule has 1 aliphatic carbocycles. The Morgan fingerprint density at radius 1 is 1.20 bits per heavy atom. The fourth-order valence-electron chi connectivity index (χ4n) is 3.57. The molecule has 3 heteroatoms. The molecule has 1 atom stereocenters. The second-order valence-corrected chi connectivity index (χ2v) is 7.70. The van der Waals surface area contributed by atoms with Gasteiger partial charge in [0, 0.05) is 35.5 Å². The zero-order valence-corrected chi connectivity index (χ0v) is 13.6. The highest BCUT2D eigenvalue weighted by molar-refractivity contribution is 7.99. The van der Waals surface area contributed by atoms with Crippen LogP contribution in [0.4, 0.5) is 0 Å². The van der Waals surface area contributed by atoms with Crippen molar-refractivity contribution < 1.29 is 0 Å². The molecule has 0 saturated heterocycles. The minimum atomic E-state index is 0.366. The fraction of sp³-hybridized carbons (Fsp3) is 0.647. The highest BCUT2D eigenvalue weighted by Crippen LogP contribution is 2.40. The Kier molecular flexibility index (Phi) is 4.95. The molecule has 20 heavy (non-hydrogen) atoms. The van der Waals surface area contributed by atoms with E-state index in [0.29, 0.717) is 11.3 Å². The third kappa shape index (κ3) is 3.18. The largest absolute Gasteiger partial charge is 0.315 e. The van der Waals surface area contributed by atoms with Gasteiger partial charge in [0.2, 0.25) is 0 Å². The number of nitrogens with one attached hydrogen (secondary N) is 1. The molecule has 0 radical (unpaired) electrons. The van der Waals surface area contributed by atoms with Crippen molar-refractivity contribution in [2.24, 2.45) is 5.41 Å². The maximum Gasteiger partial charge on any atom is 0.0292 e. The second kappa shape index (κ2) is 6.72. The number of hydrogen-bond donors (Lipinski definition) is 1. The van der Waals surface area contributed by atoms with Crippen LogP contribution in [0.15, 0.2) is 29.2 Å². The molecule has 1 aromatic carbocycles. The molecular formula is C17H24ClNS. The average molecular weight is 310 g/mol. The van der Waals surface area contributed by atoms with Crippen LogP contribution in [0, 0.1) is 5.41 Å². The summed E-state index contributed by atoms with van der Waals surface area (Å²) >= 11 is 8.27. The molecule has 1 heterocycles. The van der Waals surface area contributed by atoms with Crippen molar-refractivity contribution in [1.29, 1.82) is 0 Å². The van der Waals surface area contributed by atoms with Crippen LogP contribution >= 0.6 is 23.4 Å². The maximum absolute atomic E-state index is 6.27. The highest BCUT2D eigenvalue weighted by Gasteiger charge is 2.31. The highest BCUT2D eigenvalue weighted by atomic mass is 35.5. The van der Waals surface area contributed by atoms with Gasteiger partial charge in [-0.1, -0.05) is 37.5 Å². The van der Waals surface area contributed by atoms with E-state index < -0.39 is 0 Å². The average Bonchev–Trinajstić information content (AvgIpc) is 2.92. The molecule has 2 aliphatic rings. The van der Waals surface area contributed by atoms with Crippen LogP contribution in [0.2, 0.25) is 0 Å². The Morgan fingerprint density at radius 3 is 2.80 bits per heavy atom. The Balaban J connectivity index is 1.53. The molecule has 1 unspecified atom stereocenters. The quantitative estimate of drug-likeness (QED) is 0.794. The van der Waals surface area contributed by atoms with Gasteiger partial charge in [0.1, 0.15) is 0 Å². The number of fused-ring (bicyclic) bond motifs is 1. The van der Waals surface area contributed by atoms with E-state index in [4.69, 9.17) is 11.6 Å². The first-order valence-corrected chi connectivity index (χ1v) is 9.33. The Labute approximate surface area is 131 Å². The summed E-state index contributed by atoms with van der Waals surface area (Å²) in [7, 11) is 0. The van der Waals surface area contributed by atoms with Crippen LogP contribution in [0.1, 0.15) is 43.6 Å². The SMILES string of the molecule is ClCC1(CNCC2CSc3ccccc32)CCCCC1. The molecule has 1 aromatic rings. The third-order valence-electron chi connectivity index (χ3n) is 4.89. The van der Waals surface area contributed by atoms with Crippen molar-refractivity contribution in [3.8, 4) is 0 Å². The van der Waals surface area contributed by atoms with E-state index in [1.807, 2.05) is 11.8 Å². The summed E-state index contributed by atoms with van der Waals surface area (Å²) in [5, 5.41) is 3.73. The van der Waals surface area contributed by atoms with Gasteiger partial charge in [0.05, 0.1) is 0 Å². The van der Waals surface area contributed by atoms with Crippen LogP contribution < -0.4 is 5.32 Å². The topological polar surface area (TPSA) is 12.0 Å². The zero-order chi connectivity index (χ0) is 13.8. The van der Waals surface area contributed by atoms with E-state index in [9.17, 15) is 0 Å². The standard InChI is InChI=1S/C17H24ClNS/c18-12-17(8-4-1-5-9-17)13-19-10-14-11-20-16-7-3-2-6-15(14)16/h2-3,6-7,14,19H,1,4-5,8-13H2. The number of alkyl halides is 1. The molecule has 0 aromatic heterocycles. The van der Waals surface area contributed by atoms with Gasteiger partial charge < -0.3 is 5.32 Å². The van der Waals surface area contributed by atoms with Gasteiger partial charge in [-0.15, -0.1) is 23.4 Å². The van der Waals surface area contributed by atoms with Gasteiger partial charge in [-0.25, -0.2) is 0 Å². The molecule has 110 valence electrons. The summed E-state index contributed by atoms with van der Waals surface area (Å²) in [5.41, 5.74) is 1.90. The van der Waals surface area contributed by atoms with Crippen LogP contribution in [0.25, 0.3) is 0 Å². The van der Waals surface area contributed by atoms with Crippen LogP contribution in [0.3, 0.4) is 0 Å². The Bertz CT molecular complexity index is 442. The van der Waals surface area contributed by atoms with Crippen LogP contribution in [-0.4, -0.2) is 24.7 Å². The third-order valence-corrected chi connectivity index (χ3v) is 6.71. The van der Waals surface area contributed by atoms with E-state index in [2.05, 4.69) is 29.6 Å². The van der Waals surface area contributed by atoms with Crippen LogP contribution in [0.5, 0.6) is 0 Å². The van der Waals surface area contributed by atoms with Gasteiger partial charge in [-0.2, -0.15) is 0 Å². The Hall–Kier alpha value is -0.180. The summed E-state index contributed by atoms with van der Waals surface area (Å²) in [5.74, 6) is 2.71. The molecule has 1 nitrogen and oxygen atoms in total. The number of hydrogen-bond acceptors (Lipinski definition) is 2. The smallest absolute Gasteiger partial charge is 0.0292 e. The molecule has 0 spiro atoms. The van der Waals surface area contributed by atoms with Crippen LogP contribution in [-0.2, 0) is 0 Å². The zero-order valence-electron chi connectivity index (χ0n) is 12.0. The molecule has 1 N–H and O–H groups in total. The predicted molar refractivity (Wildman–Crippen MR) is 89.0 cm³/mol. The van der Waals surface area contributed by atoms with E-state index >= 15 is 0 Å². The molecule has 1 fully saturated rings. The first kappa shape index (κ1) is 14.7. The monoisotopic (exact) mass is 309 g/mol. The lowest BCUT2D eigenvalue weighted by Gasteiger charge is -2.36. The summed E-state index contributed by atoms with van der Waals surface area (Å²) in [6.45, 7) is 2.20. The van der Waals surface area contributed by atoms with E-state index in [1.54, 1.807) is 0 Å². The molecule has 1 aliphatic heterocycles. The second-order valence-electron chi connectivity index (χ2n) is 6.37. The Morgan fingerprint density at radius 2 is 2.00 bits per heavy atom. The van der Waals surface area contributed by atoms with Crippen molar-refractivity contribution >= 4 is 23.4 Å².